The fourth-order valence-electron chi connectivity index (χ4n) is 2.85. The number of fused-ring (bicyclic) bond motifs is 1. The third-order valence-electron chi connectivity index (χ3n) is 4.23. The summed E-state index contributed by atoms with van der Waals surface area (Å²) >= 11 is 7.34. The molecule has 1 N–H and O–H groups in total. The lowest BCUT2D eigenvalue weighted by Gasteiger charge is -2.25. The number of anilines is 1. The van der Waals surface area contributed by atoms with Gasteiger partial charge in [-0.25, -0.2) is 4.79 Å². The smallest absolute Gasteiger partial charge is 0.355 e. The van der Waals surface area contributed by atoms with Crippen molar-refractivity contribution in [3.63, 3.8) is 0 Å². The molecular weight excluding hydrogens is 416 g/mol. The van der Waals surface area contributed by atoms with E-state index in [0.717, 1.165) is 4.88 Å². The Morgan fingerprint density at radius 2 is 2.00 bits per heavy atom. The van der Waals surface area contributed by atoms with Gasteiger partial charge in [0.15, 0.2) is 18.1 Å². The van der Waals surface area contributed by atoms with Gasteiger partial charge in [-0.1, -0.05) is 17.7 Å². The summed E-state index contributed by atoms with van der Waals surface area (Å²) in [5.74, 6) is 0.207. The zero-order valence-electron chi connectivity index (χ0n) is 15.2. The van der Waals surface area contributed by atoms with Crippen molar-refractivity contribution in [3.05, 3.63) is 63.6 Å². The zero-order valence-corrected chi connectivity index (χ0v) is 16.8. The molecular formula is C20H17ClN2O5S. The van der Waals surface area contributed by atoms with Crippen molar-refractivity contribution in [2.24, 2.45) is 0 Å². The first-order valence-electron chi connectivity index (χ1n) is 8.83. The standard InChI is InChI=1S/C20H17ClN2O5S/c21-13-8-16(22-10-13)20(25)28-12-19(24)23(11-15-2-1-7-29-15)14-3-4-17-18(9-14)27-6-5-26-17/h1-4,7-10,22H,5-6,11-12H2. The monoisotopic (exact) mass is 432 g/mol. The average Bonchev–Trinajstić information content (AvgIpc) is 3.41. The molecule has 9 heteroatoms. The van der Waals surface area contributed by atoms with Gasteiger partial charge in [0.1, 0.15) is 18.9 Å². The SMILES string of the molecule is O=C(OCC(=O)N(Cc1cccs1)c1ccc2c(c1)OCCO2)c1cc(Cl)c[nH]1. The molecule has 2 aromatic heterocycles. The molecule has 0 radical (unpaired) electrons. The second kappa shape index (κ2) is 8.59. The molecule has 0 fully saturated rings. The van der Waals surface area contributed by atoms with E-state index in [-0.39, 0.29) is 11.6 Å². The minimum absolute atomic E-state index is 0.187. The Kier molecular flexibility index (Phi) is 5.73. The summed E-state index contributed by atoms with van der Waals surface area (Å²) in [5, 5.41) is 2.33. The summed E-state index contributed by atoms with van der Waals surface area (Å²) in [6.07, 6.45) is 1.47. The lowest BCUT2D eigenvalue weighted by atomic mass is 10.2. The third-order valence-corrected chi connectivity index (χ3v) is 5.31. The zero-order chi connectivity index (χ0) is 20.2. The predicted molar refractivity (Wildman–Crippen MR) is 109 cm³/mol. The van der Waals surface area contributed by atoms with Gasteiger partial charge in [-0.3, -0.25) is 4.79 Å². The molecule has 1 aromatic carbocycles. The van der Waals surface area contributed by atoms with Crippen LogP contribution in [0.25, 0.3) is 0 Å². The van der Waals surface area contributed by atoms with Gasteiger partial charge in [0.05, 0.1) is 11.6 Å². The predicted octanol–water partition coefficient (Wildman–Crippen LogP) is 3.89. The molecule has 1 aliphatic rings. The number of esters is 1. The number of aromatic amines is 1. The fourth-order valence-corrected chi connectivity index (χ4v) is 3.71. The minimum atomic E-state index is -0.650. The first kappa shape index (κ1) is 19.4. The number of hydrogen-bond donors (Lipinski definition) is 1. The van der Waals surface area contributed by atoms with Crippen LogP contribution in [0.1, 0.15) is 15.4 Å². The lowest BCUT2D eigenvalue weighted by Crippen LogP contribution is -2.34. The Hall–Kier alpha value is -2.97. The van der Waals surface area contributed by atoms with Gasteiger partial charge >= 0.3 is 5.97 Å². The van der Waals surface area contributed by atoms with E-state index in [2.05, 4.69) is 4.98 Å². The van der Waals surface area contributed by atoms with Crippen molar-refractivity contribution < 1.29 is 23.8 Å². The summed E-state index contributed by atoms with van der Waals surface area (Å²) < 4.78 is 16.3. The van der Waals surface area contributed by atoms with Crippen LogP contribution in [-0.4, -0.2) is 36.7 Å². The number of thiophene rings is 1. The highest BCUT2D eigenvalue weighted by Gasteiger charge is 2.22. The lowest BCUT2D eigenvalue weighted by molar-refractivity contribution is -0.121. The molecule has 7 nitrogen and oxygen atoms in total. The van der Waals surface area contributed by atoms with Crippen molar-refractivity contribution in [2.45, 2.75) is 6.54 Å². The molecule has 29 heavy (non-hydrogen) atoms. The highest BCUT2D eigenvalue weighted by atomic mass is 35.5. The Morgan fingerprint density at radius 1 is 1.17 bits per heavy atom. The van der Waals surface area contributed by atoms with Crippen LogP contribution in [0.4, 0.5) is 5.69 Å². The second-order valence-electron chi connectivity index (χ2n) is 6.19. The van der Waals surface area contributed by atoms with E-state index in [1.165, 1.54) is 23.6 Å². The Labute approximate surface area is 175 Å². The molecule has 150 valence electrons. The molecule has 1 aliphatic heterocycles. The second-order valence-corrected chi connectivity index (χ2v) is 7.66. The number of nitrogens with one attached hydrogen (secondary N) is 1. The number of carbonyl (C=O) groups excluding carboxylic acids is 2. The number of nitrogens with zero attached hydrogens (tertiary/aromatic N) is 1. The van der Waals surface area contributed by atoms with Crippen molar-refractivity contribution in [3.8, 4) is 11.5 Å². The molecule has 0 saturated heterocycles. The van der Waals surface area contributed by atoms with Gasteiger partial charge in [-0.15, -0.1) is 11.3 Å². The Balaban J connectivity index is 1.52. The van der Waals surface area contributed by atoms with Crippen LogP contribution in [0, 0.1) is 0 Å². The van der Waals surface area contributed by atoms with Gasteiger partial charge in [-0.2, -0.15) is 0 Å². The number of halogens is 1. The quantitative estimate of drug-likeness (QED) is 0.597. The van der Waals surface area contributed by atoms with E-state index in [4.69, 9.17) is 25.8 Å². The van der Waals surface area contributed by atoms with E-state index in [9.17, 15) is 9.59 Å². The highest BCUT2D eigenvalue weighted by Crippen LogP contribution is 2.34. The van der Waals surface area contributed by atoms with Gasteiger partial charge in [0.25, 0.3) is 5.91 Å². The number of H-pyrrole nitrogens is 1. The number of aromatic nitrogens is 1. The molecule has 0 unspecified atom stereocenters. The Bertz CT molecular complexity index is 1020. The highest BCUT2D eigenvalue weighted by molar-refractivity contribution is 7.09. The fraction of sp³-hybridized carbons (Fsp3) is 0.200. The molecule has 1 amide bonds. The number of benzene rings is 1. The van der Waals surface area contributed by atoms with E-state index in [1.54, 1.807) is 23.1 Å². The number of hydrogen-bond acceptors (Lipinski definition) is 6. The van der Waals surface area contributed by atoms with Gasteiger partial charge < -0.3 is 24.1 Å². The molecule has 3 heterocycles. The minimum Gasteiger partial charge on any atom is -0.486 e. The van der Waals surface area contributed by atoms with Crippen molar-refractivity contribution in [2.75, 3.05) is 24.7 Å². The maximum atomic E-state index is 12.9. The molecule has 0 saturated carbocycles. The molecule has 0 aliphatic carbocycles. The van der Waals surface area contributed by atoms with Gasteiger partial charge in [-0.05, 0) is 29.6 Å². The van der Waals surface area contributed by atoms with Crippen molar-refractivity contribution in [1.82, 2.24) is 4.98 Å². The summed E-state index contributed by atoms with van der Waals surface area (Å²) in [4.78, 5) is 30.3. The largest absolute Gasteiger partial charge is 0.486 e. The van der Waals surface area contributed by atoms with Gasteiger partial charge in [0.2, 0.25) is 0 Å². The van der Waals surface area contributed by atoms with Crippen LogP contribution in [-0.2, 0) is 16.1 Å². The molecule has 0 bridgehead atoms. The van der Waals surface area contributed by atoms with Crippen LogP contribution in [0.3, 0.4) is 0 Å². The van der Waals surface area contributed by atoms with Gasteiger partial charge in [0, 0.05) is 22.8 Å². The number of amides is 1. The van der Waals surface area contributed by atoms with E-state index >= 15 is 0 Å². The first-order valence-corrected chi connectivity index (χ1v) is 10.1. The van der Waals surface area contributed by atoms with Crippen molar-refractivity contribution >= 4 is 40.5 Å². The van der Waals surface area contributed by atoms with Crippen LogP contribution < -0.4 is 14.4 Å². The van der Waals surface area contributed by atoms with Crippen LogP contribution in [0.5, 0.6) is 11.5 Å². The summed E-state index contributed by atoms with van der Waals surface area (Å²) in [6.45, 7) is 0.881. The number of carbonyl (C=O) groups is 2. The van der Waals surface area contributed by atoms with E-state index in [1.807, 2.05) is 17.5 Å². The Morgan fingerprint density at radius 3 is 2.72 bits per heavy atom. The molecule has 3 aromatic rings. The normalized spacial score (nSPS) is 12.4. The number of ether oxygens (including phenoxy) is 3. The number of rotatable bonds is 6. The maximum absolute atomic E-state index is 12.9. The first-order chi connectivity index (χ1) is 14.1. The van der Waals surface area contributed by atoms with E-state index < -0.39 is 12.6 Å². The van der Waals surface area contributed by atoms with Crippen molar-refractivity contribution in [1.29, 1.82) is 0 Å². The summed E-state index contributed by atoms with van der Waals surface area (Å²) in [6, 6.07) is 10.6. The summed E-state index contributed by atoms with van der Waals surface area (Å²) in [7, 11) is 0. The topological polar surface area (TPSA) is 80.9 Å². The molecule has 0 spiro atoms. The van der Waals surface area contributed by atoms with Crippen LogP contribution in [0.2, 0.25) is 5.02 Å². The van der Waals surface area contributed by atoms with E-state index in [0.29, 0.717) is 42.0 Å². The molecule has 4 rings (SSSR count). The van der Waals surface area contributed by atoms with Crippen LogP contribution >= 0.6 is 22.9 Å². The third kappa shape index (κ3) is 4.55. The molecule has 0 atom stereocenters. The summed E-state index contributed by atoms with van der Waals surface area (Å²) in [5.41, 5.74) is 0.818. The maximum Gasteiger partial charge on any atom is 0.355 e. The average molecular weight is 433 g/mol. The van der Waals surface area contributed by atoms with Crippen LogP contribution in [0.15, 0.2) is 48.0 Å².